The number of hydrogen-bond donors (Lipinski definition) is 1. The van der Waals surface area contributed by atoms with E-state index in [-0.39, 0.29) is 17.5 Å². The van der Waals surface area contributed by atoms with Gasteiger partial charge in [-0.2, -0.15) is 0 Å². The van der Waals surface area contributed by atoms with Gasteiger partial charge < -0.3 is 15.0 Å². The fraction of sp³-hybridized carbons (Fsp3) is 0.148. The molecule has 0 aliphatic carbocycles. The van der Waals surface area contributed by atoms with Gasteiger partial charge in [-0.25, -0.2) is 4.98 Å². The molecular formula is C27H24BrIN4O3. The molecule has 184 valence electrons. The molecule has 0 saturated carbocycles. The predicted octanol–water partition coefficient (Wildman–Crippen LogP) is 5.63. The number of ether oxygens (including phenoxy) is 1. The molecule has 3 aromatic carbocycles. The summed E-state index contributed by atoms with van der Waals surface area (Å²) in [5, 5.41) is 2.85. The molecule has 4 rings (SSSR count). The molecule has 9 heteroatoms. The molecule has 0 bridgehead atoms. The van der Waals surface area contributed by atoms with E-state index in [4.69, 9.17) is 4.74 Å². The van der Waals surface area contributed by atoms with Gasteiger partial charge in [0.1, 0.15) is 0 Å². The van der Waals surface area contributed by atoms with Crippen molar-refractivity contribution >= 4 is 56.1 Å². The molecule has 1 amide bonds. The van der Waals surface area contributed by atoms with Crippen molar-refractivity contribution in [2.24, 2.45) is 7.05 Å². The second-order valence-electron chi connectivity index (χ2n) is 8.07. The molecule has 0 aliphatic heterocycles. The highest BCUT2D eigenvalue weighted by Crippen LogP contribution is 2.32. The largest absolute Gasteiger partial charge is 0.489 e. The second kappa shape index (κ2) is 11.3. The Kier molecular flexibility index (Phi) is 8.10. The third-order valence-electron chi connectivity index (χ3n) is 5.77. The Bertz CT molecular complexity index is 1440. The van der Waals surface area contributed by atoms with Crippen LogP contribution in [0.5, 0.6) is 5.75 Å². The summed E-state index contributed by atoms with van der Waals surface area (Å²) in [6.45, 7) is 0. The molecular weight excluding hydrogens is 635 g/mol. The van der Waals surface area contributed by atoms with Crippen molar-refractivity contribution in [2.75, 3.05) is 24.4 Å². The average Bonchev–Trinajstić information content (AvgIpc) is 2.88. The number of carbonyl (C=O) groups is 1. The Morgan fingerprint density at radius 1 is 1.03 bits per heavy atom. The first-order chi connectivity index (χ1) is 17.3. The van der Waals surface area contributed by atoms with Gasteiger partial charge in [-0.1, -0.05) is 70.5 Å². The molecule has 7 nitrogen and oxygen atoms in total. The monoisotopic (exact) mass is 658 g/mol. The van der Waals surface area contributed by atoms with Crippen LogP contribution in [0.4, 0.5) is 11.6 Å². The van der Waals surface area contributed by atoms with Crippen molar-refractivity contribution in [1.82, 2.24) is 9.55 Å². The summed E-state index contributed by atoms with van der Waals surface area (Å²) in [6.07, 6.45) is 0. The molecule has 36 heavy (non-hydrogen) atoms. The highest BCUT2D eigenvalue weighted by molar-refractivity contribution is 14.1. The Hall–Kier alpha value is -3.18. The number of nitrogens with one attached hydrogen (secondary N) is 1. The Morgan fingerprint density at radius 2 is 1.64 bits per heavy atom. The van der Waals surface area contributed by atoms with Gasteiger partial charge in [0.2, 0.25) is 11.7 Å². The SMILES string of the molecule is COc1c(C(=O)Nc2ccccc2I)nc(N(C)C(c2ccccc2)c2ccc(Br)cc2)n(C)c1=O. The van der Waals surface area contributed by atoms with E-state index in [0.29, 0.717) is 11.6 Å². The van der Waals surface area contributed by atoms with E-state index in [9.17, 15) is 9.59 Å². The minimum absolute atomic E-state index is 0.0790. The van der Waals surface area contributed by atoms with Crippen LogP contribution in [0.25, 0.3) is 0 Å². The first-order valence-electron chi connectivity index (χ1n) is 11.1. The quantitative estimate of drug-likeness (QED) is 0.261. The van der Waals surface area contributed by atoms with Gasteiger partial charge in [0.25, 0.3) is 11.5 Å². The lowest BCUT2D eigenvalue weighted by atomic mass is 9.97. The number of amides is 1. The van der Waals surface area contributed by atoms with Crippen molar-refractivity contribution < 1.29 is 9.53 Å². The van der Waals surface area contributed by atoms with E-state index < -0.39 is 11.5 Å². The number of aromatic nitrogens is 2. The lowest BCUT2D eigenvalue weighted by Crippen LogP contribution is -2.35. The zero-order valence-corrected chi connectivity index (χ0v) is 23.6. The van der Waals surface area contributed by atoms with E-state index in [2.05, 4.69) is 48.8 Å². The zero-order valence-electron chi connectivity index (χ0n) is 19.9. The van der Waals surface area contributed by atoms with Crippen LogP contribution in [0.15, 0.2) is 88.1 Å². The van der Waals surface area contributed by atoms with Gasteiger partial charge in [0.15, 0.2) is 5.69 Å². The number of anilines is 2. The number of nitrogens with zero attached hydrogens (tertiary/aromatic N) is 3. The molecule has 1 N–H and O–H groups in total. The van der Waals surface area contributed by atoms with E-state index >= 15 is 0 Å². The van der Waals surface area contributed by atoms with Gasteiger partial charge in [-0.05, 0) is 58.0 Å². The molecule has 0 radical (unpaired) electrons. The van der Waals surface area contributed by atoms with Crippen LogP contribution in [-0.4, -0.2) is 29.6 Å². The normalized spacial score (nSPS) is 11.6. The van der Waals surface area contributed by atoms with Crippen molar-refractivity contribution in [1.29, 1.82) is 0 Å². The van der Waals surface area contributed by atoms with Crippen LogP contribution < -0.4 is 20.5 Å². The number of para-hydroxylation sites is 1. The molecule has 1 heterocycles. The number of halogens is 2. The summed E-state index contributed by atoms with van der Waals surface area (Å²) in [5.41, 5.74) is 2.10. The molecule has 0 aliphatic rings. The molecule has 0 spiro atoms. The first-order valence-corrected chi connectivity index (χ1v) is 12.9. The van der Waals surface area contributed by atoms with Crippen molar-refractivity contribution in [3.8, 4) is 5.75 Å². The topological polar surface area (TPSA) is 76.5 Å². The highest BCUT2D eigenvalue weighted by atomic mass is 127. The van der Waals surface area contributed by atoms with Gasteiger partial charge >= 0.3 is 0 Å². The van der Waals surface area contributed by atoms with Crippen molar-refractivity contribution in [3.05, 3.63) is 114 Å². The van der Waals surface area contributed by atoms with Gasteiger partial charge in [0, 0.05) is 22.1 Å². The third kappa shape index (κ3) is 5.31. The van der Waals surface area contributed by atoms with E-state index in [1.54, 1.807) is 13.1 Å². The number of methoxy groups -OCH3 is 1. The maximum absolute atomic E-state index is 13.3. The van der Waals surface area contributed by atoms with Crippen LogP contribution in [0.3, 0.4) is 0 Å². The maximum Gasteiger partial charge on any atom is 0.297 e. The number of hydrogen-bond acceptors (Lipinski definition) is 5. The molecule has 0 saturated heterocycles. The Labute approximate surface area is 231 Å². The third-order valence-corrected chi connectivity index (χ3v) is 7.24. The van der Waals surface area contributed by atoms with Crippen LogP contribution in [0, 0.1) is 3.57 Å². The molecule has 0 fully saturated rings. The van der Waals surface area contributed by atoms with Crippen LogP contribution in [-0.2, 0) is 7.05 Å². The standard InChI is InChI=1S/C27H24BrIN4O3/c1-32(23(17-9-5-4-6-10-17)18-13-15-19(28)16-14-18)27-31-22(24(36-3)26(35)33(27)2)25(34)30-21-12-8-7-11-20(21)29/h4-16,23H,1-3H3,(H,30,34). The van der Waals surface area contributed by atoms with Gasteiger partial charge in [-0.15, -0.1) is 0 Å². The smallest absolute Gasteiger partial charge is 0.297 e. The minimum atomic E-state index is -0.525. The lowest BCUT2D eigenvalue weighted by Gasteiger charge is -2.31. The average molecular weight is 659 g/mol. The Morgan fingerprint density at radius 3 is 2.28 bits per heavy atom. The summed E-state index contributed by atoms with van der Waals surface area (Å²) in [6, 6.07) is 25.0. The number of carbonyl (C=O) groups excluding carboxylic acids is 1. The molecule has 1 atom stereocenters. The molecule has 1 unspecified atom stereocenters. The van der Waals surface area contributed by atoms with Gasteiger partial charge in [-0.3, -0.25) is 14.2 Å². The van der Waals surface area contributed by atoms with Crippen molar-refractivity contribution in [2.45, 2.75) is 6.04 Å². The fourth-order valence-corrected chi connectivity index (χ4v) is 4.79. The predicted molar refractivity (Wildman–Crippen MR) is 154 cm³/mol. The van der Waals surface area contributed by atoms with E-state index in [1.807, 2.05) is 84.7 Å². The zero-order chi connectivity index (χ0) is 25.8. The summed E-state index contributed by atoms with van der Waals surface area (Å²) >= 11 is 5.64. The summed E-state index contributed by atoms with van der Waals surface area (Å²) in [5.74, 6) is -0.313. The molecule has 1 aromatic heterocycles. The fourth-order valence-electron chi connectivity index (χ4n) is 4.00. The lowest BCUT2D eigenvalue weighted by molar-refractivity contribution is 0.101. The highest BCUT2D eigenvalue weighted by Gasteiger charge is 2.27. The number of rotatable bonds is 7. The van der Waals surface area contributed by atoms with Crippen LogP contribution in [0.2, 0.25) is 0 Å². The Balaban J connectivity index is 1.83. The summed E-state index contributed by atoms with van der Waals surface area (Å²) in [4.78, 5) is 33.1. The van der Waals surface area contributed by atoms with Gasteiger partial charge in [0.05, 0.1) is 18.8 Å². The number of benzene rings is 3. The van der Waals surface area contributed by atoms with E-state index in [0.717, 1.165) is 19.2 Å². The summed E-state index contributed by atoms with van der Waals surface area (Å²) < 4.78 is 8.57. The van der Waals surface area contributed by atoms with E-state index in [1.165, 1.54) is 11.7 Å². The summed E-state index contributed by atoms with van der Waals surface area (Å²) in [7, 11) is 4.84. The van der Waals surface area contributed by atoms with Crippen molar-refractivity contribution in [3.63, 3.8) is 0 Å². The maximum atomic E-state index is 13.3. The minimum Gasteiger partial charge on any atom is -0.489 e. The second-order valence-corrected chi connectivity index (χ2v) is 10.1. The first kappa shape index (κ1) is 25.9. The molecule has 4 aromatic rings. The van der Waals surface area contributed by atoms with Crippen LogP contribution in [0.1, 0.15) is 27.7 Å². The van der Waals surface area contributed by atoms with Crippen LogP contribution >= 0.6 is 38.5 Å².